The summed E-state index contributed by atoms with van der Waals surface area (Å²) >= 11 is 3.35. The molecule has 2 aromatic carbocycles. The molecule has 1 amide bonds. The highest BCUT2D eigenvalue weighted by Gasteiger charge is 2.09. The highest BCUT2D eigenvalue weighted by molar-refractivity contribution is 9.10. The summed E-state index contributed by atoms with van der Waals surface area (Å²) in [6.07, 6.45) is 0.623. The van der Waals surface area contributed by atoms with Crippen LogP contribution in [0.1, 0.15) is 15.9 Å². The van der Waals surface area contributed by atoms with Gasteiger partial charge in [-0.3, -0.25) is 4.79 Å². The monoisotopic (exact) mass is 319 g/mol. The summed E-state index contributed by atoms with van der Waals surface area (Å²) in [5, 5.41) is 11.7. The third-order valence-corrected chi connectivity index (χ3v) is 3.42. The van der Waals surface area contributed by atoms with Gasteiger partial charge < -0.3 is 10.4 Å². The summed E-state index contributed by atoms with van der Waals surface area (Å²) in [6.45, 7) is 0.128. The molecule has 3 nitrogen and oxygen atoms in total. The van der Waals surface area contributed by atoms with Crippen LogP contribution in [0, 0.1) is 0 Å². The van der Waals surface area contributed by atoms with E-state index in [9.17, 15) is 4.79 Å². The fourth-order valence-corrected chi connectivity index (χ4v) is 2.19. The predicted octanol–water partition coefficient (Wildman–Crippen LogP) is 3.24. The Hall–Kier alpha value is -1.65. The zero-order valence-electron chi connectivity index (χ0n) is 10.3. The number of nitrogens with one attached hydrogen (secondary N) is 1. The van der Waals surface area contributed by atoms with E-state index in [1.54, 1.807) is 6.07 Å². The predicted molar refractivity (Wildman–Crippen MR) is 79.3 cm³/mol. The molecule has 0 radical (unpaired) electrons. The number of aliphatic hydroxyl groups excluding tert-OH is 1. The number of benzene rings is 2. The SMILES string of the molecule is O=C(Nc1ccc(CCO)cc1)c1ccccc1Br. The molecule has 19 heavy (non-hydrogen) atoms. The van der Waals surface area contributed by atoms with Gasteiger partial charge >= 0.3 is 0 Å². The first-order valence-electron chi connectivity index (χ1n) is 5.96. The Morgan fingerprint density at radius 1 is 1.11 bits per heavy atom. The molecule has 0 aliphatic carbocycles. The average molecular weight is 320 g/mol. The van der Waals surface area contributed by atoms with Gasteiger partial charge in [-0.1, -0.05) is 24.3 Å². The van der Waals surface area contributed by atoms with Gasteiger partial charge in [0.05, 0.1) is 5.56 Å². The standard InChI is InChI=1S/C15H14BrNO2/c16-14-4-2-1-3-13(14)15(19)17-12-7-5-11(6-8-12)9-10-18/h1-8,18H,9-10H2,(H,17,19). The number of hydrogen-bond acceptors (Lipinski definition) is 2. The van der Waals surface area contributed by atoms with Crippen LogP contribution in [0.3, 0.4) is 0 Å². The topological polar surface area (TPSA) is 49.3 Å². The Kier molecular flexibility index (Phi) is 4.71. The summed E-state index contributed by atoms with van der Waals surface area (Å²) in [7, 11) is 0. The van der Waals surface area contributed by atoms with E-state index in [4.69, 9.17) is 5.11 Å². The van der Waals surface area contributed by atoms with Crippen molar-refractivity contribution in [3.63, 3.8) is 0 Å². The Morgan fingerprint density at radius 2 is 1.79 bits per heavy atom. The molecule has 0 bridgehead atoms. The molecule has 0 heterocycles. The molecule has 0 aromatic heterocycles. The zero-order chi connectivity index (χ0) is 13.7. The van der Waals surface area contributed by atoms with E-state index >= 15 is 0 Å². The van der Waals surface area contributed by atoms with Crippen LogP contribution in [-0.4, -0.2) is 17.6 Å². The molecule has 0 atom stereocenters. The Morgan fingerprint density at radius 3 is 2.42 bits per heavy atom. The lowest BCUT2D eigenvalue weighted by molar-refractivity contribution is 0.102. The lowest BCUT2D eigenvalue weighted by Gasteiger charge is -2.07. The van der Waals surface area contributed by atoms with E-state index in [1.165, 1.54) is 0 Å². The van der Waals surface area contributed by atoms with E-state index in [-0.39, 0.29) is 12.5 Å². The maximum atomic E-state index is 12.1. The summed E-state index contributed by atoms with van der Waals surface area (Å²) in [5.74, 6) is -0.151. The van der Waals surface area contributed by atoms with E-state index in [1.807, 2.05) is 42.5 Å². The maximum Gasteiger partial charge on any atom is 0.256 e. The van der Waals surface area contributed by atoms with Crippen molar-refractivity contribution in [1.82, 2.24) is 0 Å². The molecule has 0 aliphatic heterocycles. The van der Waals surface area contributed by atoms with Gasteiger partial charge in [-0.25, -0.2) is 0 Å². The zero-order valence-corrected chi connectivity index (χ0v) is 11.9. The number of amides is 1. The number of anilines is 1. The van der Waals surface area contributed by atoms with Crippen LogP contribution in [-0.2, 0) is 6.42 Å². The molecule has 2 rings (SSSR count). The highest BCUT2D eigenvalue weighted by atomic mass is 79.9. The van der Waals surface area contributed by atoms with Gasteiger partial charge in [0.25, 0.3) is 5.91 Å². The van der Waals surface area contributed by atoms with Crippen LogP contribution in [0.2, 0.25) is 0 Å². The van der Waals surface area contributed by atoms with Crippen LogP contribution in [0.4, 0.5) is 5.69 Å². The van der Waals surface area contributed by atoms with Crippen molar-refractivity contribution < 1.29 is 9.90 Å². The van der Waals surface area contributed by atoms with Gasteiger partial charge in [0, 0.05) is 16.8 Å². The first-order valence-corrected chi connectivity index (χ1v) is 6.75. The number of hydrogen-bond donors (Lipinski definition) is 2. The minimum Gasteiger partial charge on any atom is -0.396 e. The fourth-order valence-electron chi connectivity index (χ4n) is 1.73. The molecule has 0 saturated heterocycles. The third kappa shape index (κ3) is 3.66. The molecule has 0 spiro atoms. The lowest BCUT2D eigenvalue weighted by Crippen LogP contribution is -2.12. The van der Waals surface area contributed by atoms with E-state index in [2.05, 4.69) is 21.2 Å². The first-order chi connectivity index (χ1) is 9.20. The van der Waals surface area contributed by atoms with Crippen molar-refractivity contribution in [2.75, 3.05) is 11.9 Å². The van der Waals surface area contributed by atoms with Crippen molar-refractivity contribution in [2.45, 2.75) is 6.42 Å². The third-order valence-electron chi connectivity index (χ3n) is 2.73. The molecule has 98 valence electrons. The summed E-state index contributed by atoms with van der Waals surface area (Å²) in [4.78, 5) is 12.1. The van der Waals surface area contributed by atoms with Crippen molar-refractivity contribution in [1.29, 1.82) is 0 Å². The lowest BCUT2D eigenvalue weighted by atomic mass is 10.1. The van der Waals surface area contributed by atoms with Crippen LogP contribution < -0.4 is 5.32 Å². The number of carbonyl (C=O) groups is 1. The summed E-state index contributed by atoms with van der Waals surface area (Å²) in [5.41, 5.74) is 2.38. The second-order valence-electron chi connectivity index (χ2n) is 4.10. The Balaban J connectivity index is 2.09. The second kappa shape index (κ2) is 6.50. The molecule has 2 aromatic rings. The molecule has 0 fully saturated rings. The number of halogens is 1. The van der Waals surface area contributed by atoms with Crippen molar-refractivity contribution in [3.8, 4) is 0 Å². The van der Waals surface area contributed by atoms with Crippen molar-refractivity contribution in [3.05, 3.63) is 64.1 Å². The number of aliphatic hydroxyl groups is 1. The molecule has 2 N–H and O–H groups in total. The fraction of sp³-hybridized carbons (Fsp3) is 0.133. The molecule has 4 heteroatoms. The largest absolute Gasteiger partial charge is 0.396 e. The van der Waals surface area contributed by atoms with Crippen molar-refractivity contribution in [2.24, 2.45) is 0 Å². The molecule has 0 saturated carbocycles. The average Bonchev–Trinajstić information content (AvgIpc) is 2.42. The van der Waals surface area contributed by atoms with Gasteiger partial charge in [0.2, 0.25) is 0 Å². The maximum absolute atomic E-state index is 12.1. The Bertz CT molecular complexity index is 567. The number of carbonyl (C=O) groups excluding carboxylic acids is 1. The Labute approximate surface area is 120 Å². The highest BCUT2D eigenvalue weighted by Crippen LogP contribution is 2.18. The summed E-state index contributed by atoms with van der Waals surface area (Å²) < 4.78 is 0.768. The molecular formula is C15H14BrNO2. The quantitative estimate of drug-likeness (QED) is 0.909. The number of rotatable bonds is 4. The van der Waals surface area contributed by atoms with Gasteiger partial charge in [-0.2, -0.15) is 0 Å². The summed E-state index contributed by atoms with van der Waals surface area (Å²) in [6, 6.07) is 14.7. The molecule has 0 aliphatic rings. The van der Waals surface area contributed by atoms with Crippen LogP contribution in [0.5, 0.6) is 0 Å². The van der Waals surface area contributed by atoms with E-state index in [0.717, 1.165) is 15.7 Å². The normalized spacial score (nSPS) is 10.2. The van der Waals surface area contributed by atoms with Gasteiger partial charge in [-0.05, 0) is 52.2 Å². The minimum absolute atomic E-state index is 0.128. The second-order valence-corrected chi connectivity index (χ2v) is 4.96. The minimum atomic E-state index is -0.151. The van der Waals surface area contributed by atoms with Crippen LogP contribution >= 0.6 is 15.9 Å². The van der Waals surface area contributed by atoms with Crippen molar-refractivity contribution >= 4 is 27.5 Å². The van der Waals surface area contributed by atoms with E-state index in [0.29, 0.717) is 12.0 Å². The molecule has 0 unspecified atom stereocenters. The van der Waals surface area contributed by atoms with Gasteiger partial charge in [0.15, 0.2) is 0 Å². The van der Waals surface area contributed by atoms with E-state index < -0.39 is 0 Å². The smallest absolute Gasteiger partial charge is 0.256 e. The molecular weight excluding hydrogens is 306 g/mol. The van der Waals surface area contributed by atoms with Gasteiger partial charge in [0.1, 0.15) is 0 Å². The van der Waals surface area contributed by atoms with Crippen LogP contribution in [0.15, 0.2) is 53.0 Å². The van der Waals surface area contributed by atoms with Gasteiger partial charge in [-0.15, -0.1) is 0 Å². The first kappa shape index (κ1) is 13.8. The van der Waals surface area contributed by atoms with Crippen LogP contribution in [0.25, 0.3) is 0 Å².